The molecule has 0 radical (unpaired) electrons. The lowest BCUT2D eigenvalue weighted by Crippen LogP contribution is -2.52. The van der Waals surface area contributed by atoms with Crippen molar-refractivity contribution < 1.29 is 19.0 Å². The Morgan fingerprint density at radius 1 is 1.09 bits per heavy atom. The highest BCUT2D eigenvalue weighted by atomic mass is 35.5. The van der Waals surface area contributed by atoms with Crippen molar-refractivity contribution in [1.82, 2.24) is 30.0 Å². The molecule has 10 nitrogen and oxygen atoms in total. The minimum absolute atomic E-state index is 0.00244. The Labute approximate surface area is 272 Å². The number of anilines is 1. The number of methoxy groups -OCH3 is 1. The van der Waals surface area contributed by atoms with E-state index in [9.17, 15) is 5.11 Å². The summed E-state index contributed by atoms with van der Waals surface area (Å²) in [5, 5.41) is 19.2. The predicted octanol–water partition coefficient (Wildman–Crippen LogP) is 5.69. The summed E-state index contributed by atoms with van der Waals surface area (Å²) in [5.41, 5.74) is 2.54. The number of halogens is 2. The molecule has 1 aromatic carbocycles. The smallest absolute Gasteiger partial charge is 0.319 e. The Bertz CT molecular complexity index is 1760. The van der Waals surface area contributed by atoms with Crippen LogP contribution in [0.1, 0.15) is 63.4 Å². The number of rotatable bonds is 9. The molecule has 0 bridgehead atoms. The maximum absolute atomic E-state index is 17.1. The Morgan fingerprint density at radius 2 is 1.89 bits per heavy atom. The van der Waals surface area contributed by atoms with Crippen molar-refractivity contribution in [2.75, 3.05) is 51.4 Å². The monoisotopic (exact) mass is 649 g/mol. The summed E-state index contributed by atoms with van der Waals surface area (Å²) < 4.78 is 28.8. The SMILES string of the molecule is COCCCc1c(Cl)cc2[nH]ncc2c1-c1ncc2c(N3CCCC4(CC(O)C4)C3)nc(OCC34CCCN3CCC4)nc2c1F. The number of hydrogen-bond acceptors (Lipinski definition) is 9. The number of nitrogens with one attached hydrogen (secondary N) is 1. The van der Waals surface area contributed by atoms with E-state index in [1.54, 1.807) is 19.5 Å². The number of fused-ring (bicyclic) bond motifs is 3. The molecule has 0 unspecified atom stereocenters. The van der Waals surface area contributed by atoms with Crippen molar-refractivity contribution in [1.29, 1.82) is 0 Å². The fourth-order valence-corrected chi connectivity index (χ4v) is 9.13. The molecule has 8 rings (SSSR count). The highest BCUT2D eigenvalue weighted by molar-refractivity contribution is 6.33. The highest BCUT2D eigenvalue weighted by Crippen LogP contribution is 2.49. The number of aromatic nitrogens is 5. The zero-order valence-electron chi connectivity index (χ0n) is 26.3. The largest absolute Gasteiger partial charge is 0.461 e. The number of aliphatic hydroxyl groups excluding tert-OH is 1. The predicted molar refractivity (Wildman–Crippen MR) is 175 cm³/mol. The normalized spacial score (nSPS) is 24.3. The van der Waals surface area contributed by atoms with Gasteiger partial charge in [0.1, 0.15) is 23.6 Å². The second kappa shape index (κ2) is 11.8. The molecule has 4 fully saturated rings. The first kappa shape index (κ1) is 30.2. The number of benzene rings is 1. The van der Waals surface area contributed by atoms with Gasteiger partial charge in [-0.1, -0.05) is 11.6 Å². The number of nitrogens with zero attached hydrogens (tertiary/aromatic N) is 6. The third kappa shape index (κ3) is 5.10. The fraction of sp³-hybridized carbons (Fsp3) is 0.588. The Morgan fingerprint density at radius 3 is 2.67 bits per heavy atom. The van der Waals surface area contributed by atoms with Gasteiger partial charge >= 0.3 is 6.01 Å². The number of aliphatic hydroxyl groups is 1. The number of aromatic amines is 1. The quantitative estimate of drug-likeness (QED) is 0.221. The molecule has 3 aliphatic heterocycles. The van der Waals surface area contributed by atoms with Gasteiger partial charge in [-0.25, -0.2) is 4.39 Å². The molecule has 244 valence electrons. The standard InChI is InChI=1S/C34H41ClFN7O3/c1-45-13-2-6-22-25(35)14-26-23(18-38-41-26)27(22)30-28(36)29-24(17-37-30)31(42-10-3-7-33(19-42)15-21(44)16-33)40-32(39-29)46-20-34-8-4-11-43(34)12-5-9-34/h14,17-18,21,44H,2-13,15-16,19-20H2,1H3,(H,38,41). The maximum Gasteiger partial charge on any atom is 0.319 e. The van der Waals surface area contributed by atoms with E-state index in [1.165, 1.54) is 0 Å². The van der Waals surface area contributed by atoms with Crippen LogP contribution in [0.3, 0.4) is 0 Å². The summed E-state index contributed by atoms with van der Waals surface area (Å²) in [4.78, 5) is 19.2. The Kier molecular flexibility index (Phi) is 7.78. The Balaban J connectivity index is 1.25. The molecule has 6 heterocycles. The van der Waals surface area contributed by atoms with Crippen molar-refractivity contribution >= 4 is 39.2 Å². The molecule has 1 spiro atoms. The van der Waals surface area contributed by atoms with Gasteiger partial charge in [-0.15, -0.1) is 0 Å². The van der Waals surface area contributed by atoms with Gasteiger partial charge in [-0.3, -0.25) is 15.0 Å². The van der Waals surface area contributed by atoms with Gasteiger partial charge in [-0.05, 0) is 94.3 Å². The van der Waals surface area contributed by atoms with Crippen LogP contribution in [0.15, 0.2) is 18.5 Å². The molecule has 2 N–H and O–H groups in total. The molecule has 1 saturated carbocycles. The molecule has 46 heavy (non-hydrogen) atoms. The van der Waals surface area contributed by atoms with Crippen molar-refractivity contribution in [2.45, 2.75) is 75.9 Å². The van der Waals surface area contributed by atoms with E-state index in [1.807, 2.05) is 6.07 Å². The van der Waals surface area contributed by atoms with Gasteiger partial charge in [0.05, 0.1) is 28.7 Å². The lowest BCUT2D eigenvalue weighted by Gasteiger charge is -2.51. The number of hydrogen-bond donors (Lipinski definition) is 2. The van der Waals surface area contributed by atoms with E-state index in [0.29, 0.717) is 46.9 Å². The van der Waals surface area contributed by atoms with Crippen LogP contribution in [0.5, 0.6) is 6.01 Å². The van der Waals surface area contributed by atoms with Crippen LogP contribution in [0.4, 0.5) is 10.2 Å². The van der Waals surface area contributed by atoms with Crippen LogP contribution in [-0.4, -0.2) is 93.3 Å². The highest BCUT2D eigenvalue weighted by Gasteiger charge is 2.47. The van der Waals surface area contributed by atoms with Crippen LogP contribution < -0.4 is 9.64 Å². The molecule has 1 aliphatic carbocycles. The molecule has 0 atom stereocenters. The molecular formula is C34H41ClFN7O3. The average Bonchev–Trinajstić information content (AvgIpc) is 3.76. The molecule has 0 amide bonds. The maximum atomic E-state index is 17.1. The van der Waals surface area contributed by atoms with Crippen LogP contribution in [0.2, 0.25) is 5.02 Å². The number of H-pyrrole nitrogens is 1. The van der Waals surface area contributed by atoms with Crippen LogP contribution in [-0.2, 0) is 11.2 Å². The number of piperidine rings is 1. The van der Waals surface area contributed by atoms with Crippen molar-refractivity contribution in [3.8, 4) is 17.3 Å². The van der Waals surface area contributed by atoms with E-state index in [-0.39, 0.29) is 34.3 Å². The Hall–Kier alpha value is -3.12. The lowest BCUT2D eigenvalue weighted by atomic mass is 9.62. The van der Waals surface area contributed by atoms with E-state index in [2.05, 4.69) is 20.0 Å². The van der Waals surface area contributed by atoms with Gasteiger partial charge in [0.25, 0.3) is 0 Å². The summed E-state index contributed by atoms with van der Waals surface area (Å²) in [7, 11) is 1.66. The number of pyridine rings is 1. The van der Waals surface area contributed by atoms with Gasteiger partial charge in [0.2, 0.25) is 0 Å². The van der Waals surface area contributed by atoms with Crippen LogP contribution in [0, 0.1) is 11.2 Å². The number of ether oxygens (including phenoxy) is 2. The van der Waals surface area contributed by atoms with Crippen LogP contribution in [0.25, 0.3) is 33.1 Å². The van der Waals surface area contributed by atoms with Gasteiger partial charge < -0.3 is 19.5 Å². The second-order valence-corrected chi connectivity index (χ2v) is 14.4. The minimum Gasteiger partial charge on any atom is -0.461 e. The lowest BCUT2D eigenvalue weighted by molar-refractivity contribution is -0.0396. The zero-order chi connectivity index (χ0) is 31.5. The first-order valence-corrected chi connectivity index (χ1v) is 17.1. The fourth-order valence-electron chi connectivity index (χ4n) is 8.83. The molecule has 4 aromatic rings. The third-order valence-electron chi connectivity index (χ3n) is 11.0. The second-order valence-electron chi connectivity index (χ2n) is 13.9. The molecule has 3 aromatic heterocycles. The van der Waals surface area contributed by atoms with Crippen molar-refractivity contribution in [3.05, 3.63) is 34.9 Å². The third-order valence-corrected chi connectivity index (χ3v) is 11.4. The molecule has 4 aliphatic rings. The minimum atomic E-state index is -0.531. The molecule has 12 heteroatoms. The molecular weight excluding hydrogens is 609 g/mol. The van der Waals surface area contributed by atoms with Crippen LogP contribution >= 0.6 is 11.6 Å². The average molecular weight is 650 g/mol. The summed E-state index contributed by atoms with van der Waals surface area (Å²) in [5.74, 6) is 0.113. The van der Waals surface area contributed by atoms with E-state index in [4.69, 9.17) is 36.0 Å². The van der Waals surface area contributed by atoms with Crippen molar-refractivity contribution in [2.24, 2.45) is 5.41 Å². The topological polar surface area (TPSA) is 113 Å². The van der Waals surface area contributed by atoms with Gasteiger partial charge in [-0.2, -0.15) is 15.1 Å². The van der Waals surface area contributed by atoms with Crippen molar-refractivity contribution in [3.63, 3.8) is 0 Å². The summed E-state index contributed by atoms with van der Waals surface area (Å²) in [6.07, 6.45) is 12.6. The summed E-state index contributed by atoms with van der Waals surface area (Å²) in [6.45, 7) is 4.77. The van der Waals surface area contributed by atoms with E-state index < -0.39 is 5.82 Å². The van der Waals surface area contributed by atoms with Gasteiger partial charge in [0.15, 0.2) is 5.82 Å². The van der Waals surface area contributed by atoms with E-state index in [0.717, 1.165) is 94.9 Å². The van der Waals surface area contributed by atoms with Gasteiger partial charge in [0, 0.05) is 49.0 Å². The first-order chi connectivity index (χ1) is 22.4. The summed E-state index contributed by atoms with van der Waals surface area (Å²) in [6, 6.07) is 2.03. The summed E-state index contributed by atoms with van der Waals surface area (Å²) >= 11 is 6.81. The zero-order valence-corrected chi connectivity index (χ0v) is 27.1. The first-order valence-electron chi connectivity index (χ1n) is 16.7. The van der Waals surface area contributed by atoms with E-state index >= 15 is 4.39 Å². The molecule has 3 saturated heterocycles.